The van der Waals surface area contributed by atoms with Crippen LogP contribution in [0.3, 0.4) is 0 Å². The SMILES string of the molecule is CCc1ccc(N(CCCC(=O)N2CCCc3ccccc32)S(C)(=O)=O)cc1. The van der Waals surface area contributed by atoms with E-state index in [1.54, 1.807) is 0 Å². The zero-order chi connectivity index (χ0) is 20.1. The van der Waals surface area contributed by atoms with Crippen molar-refractivity contribution in [3.05, 3.63) is 59.7 Å². The predicted molar refractivity (Wildman–Crippen MR) is 114 cm³/mol. The van der Waals surface area contributed by atoms with Crippen LogP contribution in [0.5, 0.6) is 0 Å². The van der Waals surface area contributed by atoms with Crippen LogP contribution in [0.25, 0.3) is 0 Å². The second kappa shape index (κ2) is 8.78. The van der Waals surface area contributed by atoms with Gasteiger partial charge in [0.1, 0.15) is 0 Å². The molecule has 0 spiro atoms. The summed E-state index contributed by atoms with van der Waals surface area (Å²) in [5, 5.41) is 0. The highest BCUT2D eigenvalue weighted by Gasteiger charge is 2.23. The predicted octanol–water partition coefficient (Wildman–Crippen LogP) is 3.77. The fraction of sp³-hybridized carbons (Fsp3) is 0.409. The van der Waals surface area contributed by atoms with Crippen molar-refractivity contribution < 1.29 is 13.2 Å². The topological polar surface area (TPSA) is 57.7 Å². The number of carbonyl (C=O) groups excluding carboxylic acids is 1. The Kier molecular flexibility index (Phi) is 6.39. The molecule has 0 unspecified atom stereocenters. The van der Waals surface area contributed by atoms with Crippen molar-refractivity contribution in [1.82, 2.24) is 0 Å². The molecule has 3 rings (SSSR count). The van der Waals surface area contributed by atoms with Gasteiger partial charge in [-0.15, -0.1) is 0 Å². The lowest BCUT2D eigenvalue weighted by molar-refractivity contribution is -0.118. The second-order valence-corrected chi connectivity index (χ2v) is 9.14. The maximum Gasteiger partial charge on any atom is 0.232 e. The molecule has 1 heterocycles. The number of amides is 1. The molecule has 2 aromatic rings. The van der Waals surface area contributed by atoms with E-state index in [0.717, 1.165) is 37.1 Å². The van der Waals surface area contributed by atoms with Gasteiger partial charge in [0, 0.05) is 25.2 Å². The number of benzene rings is 2. The molecule has 150 valence electrons. The highest BCUT2D eigenvalue weighted by Crippen LogP contribution is 2.27. The monoisotopic (exact) mass is 400 g/mol. The van der Waals surface area contributed by atoms with Crippen LogP contribution < -0.4 is 9.21 Å². The maximum absolute atomic E-state index is 12.8. The summed E-state index contributed by atoms with van der Waals surface area (Å²) < 4.78 is 25.9. The summed E-state index contributed by atoms with van der Waals surface area (Å²) in [4.78, 5) is 14.6. The van der Waals surface area contributed by atoms with Crippen molar-refractivity contribution >= 4 is 27.3 Å². The Morgan fingerprint density at radius 1 is 1.11 bits per heavy atom. The lowest BCUT2D eigenvalue weighted by Gasteiger charge is -2.30. The van der Waals surface area contributed by atoms with Crippen molar-refractivity contribution in [2.45, 2.75) is 39.0 Å². The molecule has 0 N–H and O–H groups in total. The molecule has 6 heteroatoms. The fourth-order valence-corrected chi connectivity index (χ4v) is 4.65. The highest BCUT2D eigenvalue weighted by atomic mass is 32.2. The van der Waals surface area contributed by atoms with Gasteiger partial charge in [-0.05, 0) is 55.0 Å². The van der Waals surface area contributed by atoms with E-state index in [2.05, 4.69) is 13.0 Å². The largest absolute Gasteiger partial charge is 0.312 e. The van der Waals surface area contributed by atoms with E-state index in [1.165, 1.54) is 16.1 Å². The van der Waals surface area contributed by atoms with E-state index in [4.69, 9.17) is 0 Å². The smallest absolute Gasteiger partial charge is 0.232 e. The van der Waals surface area contributed by atoms with Crippen LogP contribution in [0.15, 0.2) is 48.5 Å². The third-order valence-corrected chi connectivity index (χ3v) is 6.39. The van der Waals surface area contributed by atoms with E-state index in [-0.39, 0.29) is 5.91 Å². The molecule has 0 aromatic heterocycles. The second-order valence-electron chi connectivity index (χ2n) is 7.24. The first-order valence-electron chi connectivity index (χ1n) is 9.85. The minimum absolute atomic E-state index is 0.0573. The number of aryl methyl sites for hydroxylation is 2. The number of fused-ring (bicyclic) bond motifs is 1. The molecule has 5 nitrogen and oxygen atoms in total. The molecule has 2 aromatic carbocycles. The van der Waals surface area contributed by atoms with Crippen LogP contribution in [-0.2, 0) is 27.7 Å². The van der Waals surface area contributed by atoms with E-state index < -0.39 is 10.0 Å². The van der Waals surface area contributed by atoms with Gasteiger partial charge < -0.3 is 4.90 Å². The van der Waals surface area contributed by atoms with Gasteiger partial charge in [0.25, 0.3) is 0 Å². The Hall–Kier alpha value is -2.34. The highest BCUT2D eigenvalue weighted by molar-refractivity contribution is 7.92. The zero-order valence-electron chi connectivity index (χ0n) is 16.6. The third-order valence-electron chi connectivity index (χ3n) is 5.20. The van der Waals surface area contributed by atoms with Crippen molar-refractivity contribution in [3.8, 4) is 0 Å². The average molecular weight is 401 g/mol. The molecule has 1 aliphatic heterocycles. The van der Waals surface area contributed by atoms with Gasteiger partial charge in [0.2, 0.25) is 15.9 Å². The summed E-state index contributed by atoms with van der Waals surface area (Å²) in [7, 11) is -3.40. The van der Waals surface area contributed by atoms with Crippen LogP contribution in [0.4, 0.5) is 11.4 Å². The lowest BCUT2D eigenvalue weighted by Crippen LogP contribution is -2.36. The molecule has 0 atom stereocenters. The Balaban J connectivity index is 1.65. The molecular weight excluding hydrogens is 372 g/mol. The molecule has 0 saturated carbocycles. The summed E-state index contributed by atoms with van der Waals surface area (Å²) in [5.74, 6) is 0.0573. The average Bonchev–Trinajstić information content (AvgIpc) is 2.70. The molecule has 1 aliphatic rings. The Bertz CT molecular complexity index is 923. The molecular formula is C22H28N2O3S. The Morgan fingerprint density at radius 2 is 1.82 bits per heavy atom. The van der Waals surface area contributed by atoms with E-state index in [9.17, 15) is 13.2 Å². The van der Waals surface area contributed by atoms with Gasteiger partial charge >= 0.3 is 0 Å². The van der Waals surface area contributed by atoms with Crippen LogP contribution in [0.2, 0.25) is 0 Å². The minimum Gasteiger partial charge on any atom is -0.312 e. The Morgan fingerprint density at radius 3 is 2.50 bits per heavy atom. The molecule has 0 fully saturated rings. The van der Waals surface area contributed by atoms with E-state index >= 15 is 0 Å². The molecule has 0 saturated heterocycles. The van der Waals surface area contributed by atoms with Gasteiger partial charge in [-0.2, -0.15) is 0 Å². The quantitative estimate of drug-likeness (QED) is 0.711. The first kappa shape index (κ1) is 20.4. The number of anilines is 2. The van der Waals surface area contributed by atoms with Crippen LogP contribution in [0.1, 0.15) is 37.3 Å². The number of nitrogens with zero attached hydrogens (tertiary/aromatic N) is 2. The lowest BCUT2D eigenvalue weighted by atomic mass is 10.0. The summed E-state index contributed by atoms with van der Waals surface area (Å²) >= 11 is 0. The number of para-hydroxylation sites is 1. The van der Waals surface area contributed by atoms with Gasteiger partial charge in [-0.25, -0.2) is 8.42 Å². The molecule has 1 amide bonds. The number of carbonyl (C=O) groups is 1. The summed E-state index contributed by atoms with van der Waals surface area (Å²) in [5.41, 5.74) is 4.01. The van der Waals surface area contributed by atoms with Gasteiger partial charge in [-0.3, -0.25) is 9.10 Å². The van der Waals surface area contributed by atoms with Gasteiger partial charge in [0.05, 0.1) is 11.9 Å². The molecule has 0 bridgehead atoms. The van der Waals surface area contributed by atoms with Gasteiger partial charge in [0.15, 0.2) is 0 Å². The van der Waals surface area contributed by atoms with Crippen LogP contribution >= 0.6 is 0 Å². The number of hydrogen-bond donors (Lipinski definition) is 0. The molecule has 0 radical (unpaired) electrons. The molecule has 0 aliphatic carbocycles. The number of sulfonamides is 1. The van der Waals surface area contributed by atoms with Crippen LogP contribution in [-0.4, -0.2) is 33.7 Å². The summed E-state index contributed by atoms with van der Waals surface area (Å²) in [6.07, 6.45) is 4.89. The normalized spacial score (nSPS) is 13.9. The van der Waals surface area contributed by atoms with Crippen molar-refractivity contribution in [1.29, 1.82) is 0 Å². The maximum atomic E-state index is 12.8. The number of hydrogen-bond acceptors (Lipinski definition) is 3. The Labute approximate surface area is 168 Å². The fourth-order valence-electron chi connectivity index (χ4n) is 3.69. The van der Waals surface area contributed by atoms with Crippen molar-refractivity contribution in [2.24, 2.45) is 0 Å². The first-order valence-corrected chi connectivity index (χ1v) is 11.7. The summed E-state index contributed by atoms with van der Waals surface area (Å²) in [6, 6.07) is 15.6. The summed E-state index contributed by atoms with van der Waals surface area (Å²) in [6.45, 7) is 3.09. The standard InChI is InChI=1S/C22H28N2O3S/c1-3-18-12-14-20(15-13-18)24(28(2,26)27)17-7-11-22(25)23-16-6-9-19-8-4-5-10-21(19)23/h4-5,8,10,12-15H,3,6-7,9,11,16-17H2,1-2H3. The van der Waals surface area contributed by atoms with E-state index in [0.29, 0.717) is 25.1 Å². The third kappa shape index (κ3) is 4.73. The minimum atomic E-state index is -3.40. The van der Waals surface area contributed by atoms with Gasteiger partial charge in [-0.1, -0.05) is 37.3 Å². The molecule has 28 heavy (non-hydrogen) atoms. The first-order chi connectivity index (χ1) is 13.4. The van der Waals surface area contributed by atoms with Crippen molar-refractivity contribution in [3.63, 3.8) is 0 Å². The van der Waals surface area contributed by atoms with Crippen LogP contribution in [0, 0.1) is 0 Å². The number of rotatable bonds is 7. The van der Waals surface area contributed by atoms with E-state index in [1.807, 2.05) is 47.4 Å². The zero-order valence-corrected chi connectivity index (χ0v) is 17.4. The van der Waals surface area contributed by atoms with Crippen molar-refractivity contribution in [2.75, 3.05) is 28.6 Å².